The van der Waals surface area contributed by atoms with Crippen molar-refractivity contribution >= 4 is 5.91 Å². The number of benzene rings is 1. The van der Waals surface area contributed by atoms with Crippen LogP contribution in [0.3, 0.4) is 0 Å². The lowest BCUT2D eigenvalue weighted by Gasteiger charge is -2.35. The van der Waals surface area contributed by atoms with E-state index in [2.05, 4.69) is 11.8 Å². The minimum Gasteiger partial charge on any atom is -0.497 e. The van der Waals surface area contributed by atoms with Crippen molar-refractivity contribution in [3.05, 3.63) is 29.8 Å². The quantitative estimate of drug-likeness (QED) is 0.881. The van der Waals surface area contributed by atoms with Gasteiger partial charge in [-0.2, -0.15) is 0 Å². The summed E-state index contributed by atoms with van der Waals surface area (Å²) >= 11 is 0. The normalized spacial score (nSPS) is 17.6. The average Bonchev–Trinajstić information content (AvgIpc) is 2.55. The molecule has 0 aliphatic carbocycles. The molecule has 0 aromatic heterocycles. The maximum atomic E-state index is 12.4. The molecule has 1 amide bonds. The molecule has 1 aliphatic rings. The van der Waals surface area contributed by atoms with E-state index in [1.54, 1.807) is 7.11 Å². The number of hydrogen-bond donors (Lipinski definition) is 1. The van der Waals surface area contributed by atoms with E-state index >= 15 is 0 Å². The van der Waals surface area contributed by atoms with Crippen LogP contribution in [0.15, 0.2) is 24.3 Å². The lowest BCUT2D eigenvalue weighted by atomic mass is 10.1. The predicted octanol–water partition coefficient (Wildman–Crippen LogP) is 1.05. The molecule has 1 atom stereocenters. The van der Waals surface area contributed by atoms with Crippen LogP contribution in [0.4, 0.5) is 0 Å². The molecule has 1 aliphatic heterocycles. The number of methoxy groups -OCH3 is 1. The van der Waals surface area contributed by atoms with E-state index in [0.717, 1.165) is 44.0 Å². The number of nitrogens with zero attached hydrogens (tertiary/aromatic N) is 2. The molecule has 1 aromatic rings. The first-order chi connectivity index (χ1) is 10.1. The highest BCUT2D eigenvalue weighted by Gasteiger charge is 2.22. The van der Waals surface area contributed by atoms with Crippen molar-refractivity contribution in [1.82, 2.24) is 9.80 Å². The van der Waals surface area contributed by atoms with Crippen molar-refractivity contribution in [1.29, 1.82) is 0 Å². The lowest BCUT2D eigenvalue weighted by Crippen LogP contribution is -2.50. The number of piperazine rings is 1. The second-order valence-corrected chi connectivity index (χ2v) is 5.66. The summed E-state index contributed by atoms with van der Waals surface area (Å²) in [5.41, 5.74) is 6.38. The van der Waals surface area contributed by atoms with Crippen molar-refractivity contribution in [2.75, 3.05) is 46.4 Å². The van der Waals surface area contributed by atoms with Crippen LogP contribution >= 0.6 is 0 Å². The Morgan fingerprint density at radius 2 is 1.86 bits per heavy atom. The van der Waals surface area contributed by atoms with Crippen molar-refractivity contribution in [2.45, 2.75) is 6.92 Å². The Balaban J connectivity index is 1.87. The molecule has 1 unspecified atom stereocenters. The van der Waals surface area contributed by atoms with Crippen LogP contribution < -0.4 is 10.5 Å². The molecule has 5 heteroatoms. The topological polar surface area (TPSA) is 58.8 Å². The van der Waals surface area contributed by atoms with Crippen molar-refractivity contribution < 1.29 is 9.53 Å². The van der Waals surface area contributed by atoms with Crippen LogP contribution in [-0.4, -0.2) is 62.1 Å². The first-order valence-electron chi connectivity index (χ1n) is 7.49. The van der Waals surface area contributed by atoms with Gasteiger partial charge in [-0.3, -0.25) is 9.69 Å². The first kappa shape index (κ1) is 15.8. The fourth-order valence-electron chi connectivity index (χ4n) is 2.57. The van der Waals surface area contributed by atoms with E-state index < -0.39 is 0 Å². The molecule has 1 heterocycles. The van der Waals surface area contributed by atoms with Gasteiger partial charge in [0.05, 0.1) is 7.11 Å². The number of rotatable bonds is 5. The number of nitrogens with two attached hydrogens (primary N) is 1. The van der Waals surface area contributed by atoms with Crippen LogP contribution in [0.1, 0.15) is 17.3 Å². The number of ether oxygens (including phenoxy) is 1. The fourth-order valence-corrected chi connectivity index (χ4v) is 2.57. The summed E-state index contributed by atoms with van der Waals surface area (Å²) in [5, 5.41) is 0. The van der Waals surface area contributed by atoms with Gasteiger partial charge in [-0.25, -0.2) is 0 Å². The van der Waals surface area contributed by atoms with Crippen molar-refractivity contribution in [3.63, 3.8) is 0 Å². The molecule has 21 heavy (non-hydrogen) atoms. The molecular formula is C16H25N3O2. The molecule has 0 radical (unpaired) electrons. The highest BCUT2D eigenvalue weighted by Crippen LogP contribution is 2.14. The largest absolute Gasteiger partial charge is 0.497 e. The summed E-state index contributed by atoms with van der Waals surface area (Å²) in [6, 6.07) is 7.30. The number of carbonyl (C=O) groups excluding carboxylic acids is 1. The molecule has 1 aromatic carbocycles. The molecule has 5 nitrogen and oxygen atoms in total. The van der Waals surface area contributed by atoms with Gasteiger partial charge in [0.1, 0.15) is 5.75 Å². The van der Waals surface area contributed by atoms with Crippen LogP contribution in [0, 0.1) is 5.92 Å². The van der Waals surface area contributed by atoms with E-state index in [-0.39, 0.29) is 5.91 Å². The predicted molar refractivity (Wildman–Crippen MR) is 83.6 cm³/mol. The molecule has 2 N–H and O–H groups in total. The van der Waals surface area contributed by atoms with Gasteiger partial charge >= 0.3 is 0 Å². The van der Waals surface area contributed by atoms with Crippen molar-refractivity contribution in [3.8, 4) is 5.75 Å². The van der Waals surface area contributed by atoms with Gasteiger partial charge in [0.25, 0.3) is 5.91 Å². The van der Waals surface area contributed by atoms with E-state index in [0.29, 0.717) is 12.5 Å². The molecular weight excluding hydrogens is 266 g/mol. The van der Waals surface area contributed by atoms with Gasteiger partial charge < -0.3 is 15.4 Å². The molecule has 2 rings (SSSR count). The second-order valence-electron chi connectivity index (χ2n) is 5.66. The Bertz CT molecular complexity index is 453. The molecule has 1 saturated heterocycles. The third-order valence-electron chi connectivity index (χ3n) is 3.97. The highest BCUT2D eigenvalue weighted by molar-refractivity contribution is 5.94. The lowest BCUT2D eigenvalue weighted by molar-refractivity contribution is 0.0622. The van der Waals surface area contributed by atoms with Crippen LogP contribution in [0.25, 0.3) is 0 Å². The van der Waals surface area contributed by atoms with E-state index in [1.807, 2.05) is 29.2 Å². The fraction of sp³-hybridized carbons (Fsp3) is 0.562. The summed E-state index contributed by atoms with van der Waals surface area (Å²) in [6.45, 7) is 7.30. The van der Waals surface area contributed by atoms with Crippen LogP contribution in [0.2, 0.25) is 0 Å². The van der Waals surface area contributed by atoms with E-state index in [9.17, 15) is 4.79 Å². The molecule has 0 saturated carbocycles. The summed E-state index contributed by atoms with van der Waals surface area (Å²) in [7, 11) is 1.62. The Morgan fingerprint density at radius 3 is 2.38 bits per heavy atom. The summed E-state index contributed by atoms with van der Waals surface area (Å²) in [6.07, 6.45) is 0. The molecule has 0 bridgehead atoms. The monoisotopic (exact) mass is 291 g/mol. The zero-order chi connectivity index (χ0) is 15.2. The molecule has 1 fully saturated rings. The van der Waals surface area contributed by atoms with Gasteiger partial charge in [0.2, 0.25) is 0 Å². The van der Waals surface area contributed by atoms with Crippen molar-refractivity contribution in [2.24, 2.45) is 11.7 Å². The zero-order valence-electron chi connectivity index (χ0n) is 12.9. The van der Waals surface area contributed by atoms with Gasteiger partial charge in [0.15, 0.2) is 0 Å². The third kappa shape index (κ3) is 4.19. The van der Waals surface area contributed by atoms with E-state index in [4.69, 9.17) is 10.5 Å². The standard InChI is InChI=1S/C16H25N3O2/c1-13(11-17)12-18-7-9-19(10-8-18)16(20)14-3-5-15(21-2)6-4-14/h3-6,13H,7-12,17H2,1-2H3. The maximum Gasteiger partial charge on any atom is 0.253 e. The molecule has 116 valence electrons. The van der Waals surface area contributed by atoms with Gasteiger partial charge in [-0.15, -0.1) is 0 Å². The van der Waals surface area contributed by atoms with Gasteiger partial charge in [-0.1, -0.05) is 6.92 Å². The first-order valence-corrected chi connectivity index (χ1v) is 7.49. The Hall–Kier alpha value is -1.59. The highest BCUT2D eigenvalue weighted by atomic mass is 16.5. The van der Waals surface area contributed by atoms with Gasteiger partial charge in [-0.05, 0) is 36.7 Å². The van der Waals surface area contributed by atoms with E-state index in [1.165, 1.54) is 0 Å². The van der Waals surface area contributed by atoms with Gasteiger partial charge in [0, 0.05) is 38.3 Å². The SMILES string of the molecule is COc1ccc(C(=O)N2CCN(CC(C)CN)CC2)cc1. The summed E-state index contributed by atoms with van der Waals surface area (Å²) in [4.78, 5) is 16.7. The minimum atomic E-state index is 0.101. The Morgan fingerprint density at radius 1 is 1.24 bits per heavy atom. The second kappa shape index (κ2) is 7.43. The number of carbonyl (C=O) groups is 1. The molecule has 0 spiro atoms. The summed E-state index contributed by atoms with van der Waals surface area (Å²) < 4.78 is 5.11. The van der Waals surface area contributed by atoms with Crippen LogP contribution in [0.5, 0.6) is 5.75 Å². The summed E-state index contributed by atoms with van der Waals surface area (Å²) in [5.74, 6) is 1.38. The Labute approximate surface area is 126 Å². The maximum absolute atomic E-state index is 12.4. The average molecular weight is 291 g/mol. The third-order valence-corrected chi connectivity index (χ3v) is 3.97. The number of amides is 1. The smallest absolute Gasteiger partial charge is 0.253 e. The Kier molecular flexibility index (Phi) is 5.59. The number of hydrogen-bond acceptors (Lipinski definition) is 4. The zero-order valence-corrected chi connectivity index (χ0v) is 12.9. The minimum absolute atomic E-state index is 0.101. The van der Waals surface area contributed by atoms with Crippen LogP contribution in [-0.2, 0) is 0 Å².